The van der Waals surface area contributed by atoms with Crippen molar-refractivity contribution in [1.82, 2.24) is 5.32 Å². The average molecular weight is 344 g/mol. The van der Waals surface area contributed by atoms with E-state index in [2.05, 4.69) is 19.2 Å². The van der Waals surface area contributed by atoms with Gasteiger partial charge in [0.25, 0.3) is 5.91 Å². The maximum atomic E-state index is 11.5. The zero-order valence-electron chi connectivity index (χ0n) is 12.6. The van der Waals surface area contributed by atoms with E-state index in [1.807, 2.05) is 0 Å². The smallest absolute Gasteiger partial charge is 0.331 e. The predicted molar refractivity (Wildman–Crippen MR) is 88.9 cm³/mol. The van der Waals surface area contributed by atoms with Crippen LogP contribution in [0.3, 0.4) is 0 Å². The van der Waals surface area contributed by atoms with Crippen LogP contribution in [-0.4, -0.2) is 25.0 Å². The number of esters is 1. The minimum atomic E-state index is -0.593. The van der Waals surface area contributed by atoms with Gasteiger partial charge in [-0.05, 0) is 36.1 Å². The van der Waals surface area contributed by atoms with Gasteiger partial charge < -0.3 is 10.1 Å². The van der Waals surface area contributed by atoms with Gasteiger partial charge in [-0.15, -0.1) is 0 Å². The number of carbonyl (C=O) groups is 2. The number of amides is 1. The molecule has 0 aliphatic rings. The summed E-state index contributed by atoms with van der Waals surface area (Å²) in [5.41, 5.74) is 0.715. The van der Waals surface area contributed by atoms with Crippen LogP contribution < -0.4 is 5.32 Å². The van der Waals surface area contributed by atoms with E-state index in [1.54, 1.807) is 24.3 Å². The number of carbonyl (C=O) groups excluding carboxylic acids is 2. The van der Waals surface area contributed by atoms with Crippen molar-refractivity contribution in [3.05, 3.63) is 39.9 Å². The van der Waals surface area contributed by atoms with Crippen LogP contribution in [0, 0.1) is 5.92 Å². The Kier molecular flexibility index (Phi) is 7.99. The topological polar surface area (TPSA) is 55.4 Å². The van der Waals surface area contributed by atoms with Crippen molar-refractivity contribution < 1.29 is 14.3 Å². The summed E-state index contributed by atoms with van der Waals surface area (Å²) >= 11 is 11.7. The normalized spacial score (nSPS) is 11.0. The highest BCUT2D eigenvalue weighted by molar-refractivity contribution is 6.42. The highest BCUT2D eigenvalue weighted by Gasteiger charge is 2.05. The summed E-state index contributed by atoms with van der Waals surface area (Å²) in [4.78, 5) is 22.9. The second-order valence-electron chi connectivity index (χ2n) is 5.15. The molecule has 4 nitrogen and oxygen atoms in total. The van der Waals surface area contributed by atoms with Crippen LogP contribution in [0.4, 0.5) is 0 Å². The molecule has 1 rings (SSSR count). The van der Waals surface area contributed by atoms with Gasteiger partial charge in [0.15, 0.2) is 6.61 Å². The van der Waals surface area contributed by atoms with Crippen molar-refractivity contribution in [3.8, 4) is 0 Å². The molecule has 0 radical (unpaired) electrons. The Morgan fingerprint density at radius 3 is 2.64 bits per heavy atom. The van der Waals surface area contributed by atoms with Crippen molar-refractivity contribution in [1.29, 1.82) is 0 Å². The molecule has 1 N–H and O–H groups in total. The molecule has 0 saturated heterocycles. The average Bonchev–Trinajstić information content (AvgIpc) is 2.46. The Morgan fingerprint density at radius 1 is 1.27 bits per heavy atom. The SMILES string of the molecule is CC(C)CCNC(=O)COC(=O)/C=C/c1ccc(Cl)c(Cl)c1. The fraction of sp³-hybridized carbons (Fsp3) is 0.375. The van der Waals surface area contributed by atoms with Gasteiger partial charge in [-0.2, -0.15) is 0 Å². The van der Waals surface area contributed by atoms with E-state index in [-0.39, 0.29) is 12.5 Å². The second-order valence-corrected chi connectivity index (χ2v) is 5.96. The first-order valence-corrected chi connectivity index (χ1v) is 7.70. The summed E-state index contributed by atoms with van der Waals surface area (Å²) in [6.07, 6.45) is 3.67. The summed E-state index contributed by atoms with van der Waals surface area (Å²) in [5.74, 6) is -0.390. The van der Waals surface area contributed by atoms with Crippen LogP contribution in [-0.2, 0) is 14.3 Å². The number of halogens is 2. The molecular weight excluding hydrogens is 325 g/mol. The van der Waals surface area contributed by atoms with Gasteiger partial charge in [-0.25, -0.2) is 4.79 Å². The van der Waals surface area contributed by atoms with Crippen LogP contribution >= 0.6 is 23.2 Å². The lowest BCUT2D eigenvalue weighted by Crippen LogP contribution is -2.29. The zero-order valence-corrected chi connectivity index (χ0v) is 14.1. The van der Waals surface area contributed by atoms with Gasteiger partial charge >= 0.3 is 5.97 Å². The Morgan fingerprint density at radius 2 is 2.00 bits per heavy atom. The third kappa shape index (κ3) is 7.48. The number of nitrogens with one attached hydrogen (secondary N) is 1. The van der Waals surface area contributed by atoms with Gasteiger partial charge in [0.05, 0.1) is 10.0 Å². The Balaban J connectivity index is 2.35. The lowest BCUT2D eigenvalue weighted by atomic mass is 10.1. The number of hydrogen-bond donors (Lipinski definition) is 1. The van der Waals surface area contributed by atoms with E-state index in [0.29, 0.717) is 28.1 Å². The highest BCUT2D eigenvalue weighted by Crippen LogP contribution is 2.23. The maximum absolute atomic E-state index is 11.5. The molecule has 0 unspecified atom stereocenters. The number of benzene rings is 1. The van der Waals surface area contributed by atoms with Gasteiger partial charge in [0.1, 0.15) is 0 Å². The van der Waals surface area contributed by atoms with Crippen molar-refractivity contribution >= 4 is 41.2 Å². The molecule has 0 aliphatic carbocycles. The van der Waals surface area contributed by atoms with E-state index in [9.17, 15) is 9.59 Å². The molecule has 0 atom stereocenters. The third-order valence-corrected chi connectivity index (χ3v) is 3.48. The van der Waals surface area contributed by atoms with E-state index < -0.39 is 5.97 Å². The molecule has 0 aliphatic heterocycles. The van der Waals surface area contributed by atoms with Gasteiger partial charge in [-0.1, -0.05) is 43.1 Å². The van der Waals surface area contributed by atoms with E-state index in [4.69, 9.17) is 27.9 Å². The molecule has 1 aromatic rings. The minimum absolute atomic E-state index is 0.289. The summed E-state index contributed by atoms with van der Waals surface area (Å²) in [7, 11) is 0. The first-order chi connectivity index (χ1) is 10.4. The van der Waals surface area contributed by atoms with Crippen LogP contribution in [0.2, 0.25) is 10.0 Å². The molecule has 120 valence electrons. The number of hydrogen-bond acceptors (Lipinski definition) is 3. The molecule has 0 aromatic heterocycles. The van der Waals surface area contributed by atoms with Crippen LogP contribution in [0.15, 0.2) is 24.3 Å². The fourth-order valence-corrected chi connectivity index (χ4v) is 1.82. The standard InChI is InChI=1S/C16H19Cl2NO3/c1-11(2)7-8-19-15(20)10-22-16(21)6-4-12-3-5-13(17)14(18)9-12/h3-6,9,11H,7-8,10H2,1-2H3,(H,19,20)/b6-4+. The molecule has 1 amide bonds. The zero-order chi connectivity index (χ0) is 16.5. The third-order valence-electron chi connectivity index (χ3n) is 2.74. The van der Waals surface area contributed by atoms with E-state index >= 15 is 0 Å². The first kappa shape index (κ1) is 18.5. The monoisotopic (exact) mass is 343 g/mol. The minimum Gasteiger partial charge on any atom is -0.452 e. The number of ether oxygens (including phenoxy) is 1. The van der Waals surface area contributed by atoms with Crippen molar-refractivity contribution in [3.63, 3.8) is 0 Å². The summed E-state index contributed by atoms with van der Waals surface area (Å²) in [5, 5.41) is 3.53. The van der Waals surface area contributed by atoms with Crippen molar-refractivity contribution in [2.45, 2.75) is 20.3 Å². The van der Waals surface area contributed by atoms with E-state index in [0.717, 1.165) is 6.42 Å². The molecular formula is C16H19Cl2NO3. The molecule has 0 saturated carbocycles. The molecule has 1 aromatic carbocycles. The van der Waals surface area contributed by atoms with Crippen molar-refractivity contribution in [2.75, 3.05) is 13.2 Å². The Hall–Kier alpha value is -1.52. The predicted octanol–water partition coefficient (Wildman–Crippen LogP) is 3.71. The second kappa shape index (κ2) is 9.49. The fourth-order valence-electron chi connectivity index (χ4n) is 1.52. The summed E-state index contributed by atoms with van der Waals surface area (Å²) in [6.45, 7) is 4.43. The van der Waals surface area contributed by atoms with Crippen LogP contribution in [0.5, 0.6) is 0 Å². The van der Waals surface area contributed by atoms with Gasteiger partial charge in [0, 0.05) is 12.6 Å². The molecule has 6 heteroatoms. The van der Waals surface area contributed by atoms with Crippen LogP contribution in [0.1, 0.15) is 25.8 Å². The molecule has 0 spiro atoms. The Labute approximate surface area is 140 Å². The first-order valence-electron chi connectivity index (χ1n) is 6.95. The van der Waals surface area contributed by atoms with Gasteiger partial charge in [-0.3, -0.25) is 4.79 Å². The quantitative estimate of drug-likeness (QED) is 0.606. The summed E-state index contributed by atoms with van der Waals surface area (Å²) in [6, 6.07) is 4.99. The summed E-state index contributed by atoms with van der Waals surface area (Å²) < 4.78 is 4.84. The lowest BCUT2D eigenvalue weighted by Gasteiger charge is -2.07. The largest absolute Gasteiger partial charge is 0.452 e. The molecule has 0 heterocycles. The highest BCUT2D eigenvalue weighted by atomic mass is 35.5. The molecule has 0 bridgehead atoms. The molecule has 22 heavy (non-hydrogen) atoms. The Bertz CT molecular complexity index is 556. The molecule has 0 fully saturated rings. The lowest BCUT2D eigenvalue weighted by molar-refractivity contribution is -0.143. The van der Waals surface area contributed by atoms with Crippen molar-refractivity contribution in [2.24, 2.45) is 5.92 Å². The van der Waals surface area contributed by atoms with Gasteiger partial charge in [0.2, 0.25) is 0 Å². The number of rotatable bonds is 7. The van der Waals surface area contributed by atoms with Crippen LogP contribution in [0.25, 0.3) is 6.08 Å². The maximum Gasteiger partial charge on any atom is 0.331 e. The van der Waals surface area contributed by atoms with E-state index in [1.165, 1.54) is 6.08 Å².